The molecule has 2 rings (SSSR count). The fourth-order valence-corrected chi connectivity index (χ4v) is 3.46. The monoisotopic (exact) mass is 253 g/mol. The summed E-state index contributed by atoms with van der Waals surface area (Å²) in [7, 11) is 0. The fourth-order valence-electron chi connectivity index (χ4n) is 3.46. The second-order valence-electron chi connectivity index (χ2n) is 5.84. The number of carbonyl (C=O) groups is 1. The molecule has 2 aliphatic rings. The van der Waals surface area contributed by atoms with Crippen LogP contribution in [0.5, 0.6) is 0 Å². The van der Waals surface area contributed by atoms with E-state index in [2.05, 4.69) is 19.2 Å². The van der Waals surface area contributed by atoms with Gasteiger partial charge in [0, 0.05) is 12.0 Å². The number of hydrogen-bond acceptors (Lipinski definition) is 3. The van der Waals surface area contributed by atoms with Gasteiger partial charge in [0.1, 0.15) is 5.78 Å². The van der Waals surface area contributed by atoms with Crippen LogP contribution in [0.4, 0.5) is 0 Å². The predicted octanol–water partition coefficient (Wildman–Crippen LogP) is 2.40. The number of rotatable bonds is 5. The fraction of sp³-hybridized carbons (Fsp3) is 0.933. The number of Topliss-reactive ketones (excluding diaryl/α,β-unsaturated/α-hetero) is 1. The molecule has 1 saturated carbocycles. The molecule has 1 saturated heterocycles. The van der Waals surface area contributed by atoms with Crippen LogP contribution in [0.3, 0.4) is 0 Å². The van der Waals surface area contributed by atoms with Crippen LogP contribution >= 0.6 is 0 Å². The van der Waals surface area contributed by atoms with Crippen LogP contribution in [0.15, 0.2) is 0 Å². The van der Waals surface area contributed by atoms with Crippen LogP contribution < -0.4 is 5.32 Å². The molecule has 1 heterocycles. The molecule has 1 aliphatic carbocycles. The first kappa shape index (κ1) is 14.0. The minimum atomic E-state index is 0.105. The van der Waals surface area contributed by atoms with Crippen LogP contribution in [0.25, 0.3) is 0 Å². The molecule has 2 fully saturated rings. The smallest absolute Gasteiger partial charge is 0.142 e. The maximum Gasteiger partial charge on any atom is 0.142 e. The third-order valence-corrected chi connectivity index (χ3v) is 4.74. The van der Waals surface area contributed by atoms with Crippen LogP contribution in [0.2, 0.25) is 0 Å². The van der Waals surface area contributed by atoms with Gasteiger partial charge in [-0.1, -0.05) is 20.3 Å². The lowest BCUT2D eigenvalue weighted by Gasteiger charge is -2.29. The van der Waals surface area contributed by atoms with Crippen LogP contribution in [-0.4, -0.2) is 31.6 Å². The molecule has 0 spiro atoms. The Balaban J connectivity index is 1.87. The van der Waals surface area contributed by atoms with E-state index < -0.39 is 0 Å². The van der Waals surface area contributed by atoms with Gasteiger partial charge in [0.25, 0.3) is 0 Å². The highest BCUT2D eigenvalue weighted by Crippen LogP contribution is 2.33. The first-order chi connectivity index (χ1) is 8.76. The summed E-state index contributed by atoms with van der Waals surface area (Å²) >= 11 is 0. The molecule has 0 bridgehead atoms. The van der Waals surface area contributed by atoms with E-state index >= 15 is 0 Å². The van der Waals surface area contributed by atoms with Gasteiger partial charge < -0.3 is 10.1 Å². The Morgan fingerprint density at radius 3 is 2.50 bits per heavy atom. The van der Waals surface area contributed by atoms with Crippen molar-refractivity contribution >= 4 is 5.78 Å². The first-order valence-corrected chi connectivity index (χ1v) is 7.61. The van der Waals surface area contributed by atoms with Crippen molar-refractivity contribution in [3.05, 3.63) is 0 Å². The molecule has 0 amide bonds. The summed E-state index contributed by atoms with van der Waals surface area (Å²) in [6.45, 7) is 6.60. The van der Waals surface area contributed by atoms with Gasteiger partial charge in [-0.15, -0.1) is 0 Å². The Morgan fingerprint density at radius 2 is 1.89 bits per heavy atom. The van der Waals surface area contributed by atoms with Crippen LogP contribution in [0.1, 0.15) is 46.0 Å². The lowest BCUT2D eigenvalue weighted by atomic mass is 9.76. The minimum absolute atomic E-state index is 0.105. The van der Waals surface area contributed by atoms with Crippen molar-refractivity contribution in [3.63, 3.8) is 0 Å². The second-order valence-corrected chi connectivity index (χ2v) is 5.84. The molecule has 0 aromatic heterocycles. The molecule has 0 aromatic rings. The third-order valence-electron chi connectivity index (χ3n) is 4.74. The molecule has 3 nitrogen and oxygen atoms in total. The molecule has 104 valence electrons. The maximum atomic E-state index is 12.6. The van der Waals surface area contributed by atoms with Gasteiger partial charge in [-0.25, -0.2) is 0 Å². The van der Waals surface area contributed by atoms with E-state index in [1.807, 2.05) is 0 Å². The number of ketones is 1. The van der Waals surface area contributed by atoms with Gasteiger partial charge in [0.05, 0.1) is 19.1 Å². The lowest BCUT2D eigenvalue weighted by molar-refractivity contribution is -0.128. The highest BCUT2D eigenvalue weighted by atomic mass is 16.5. The first-order valence-electron chi connectivity index (χ1n) is 7.61. The normalized spacial score (nSPS) is 36.8. The van der Waals surface area contributed by atoms with Crippen molar-refractivity contribution in [2.45, 2.75) is 52.0 Å². The quantitative estimate of drug-likeness (QED) is 0.817. The van der Waals surface area contributed by atoms with Gasteiger partial charge in [-0.05, 0) is 38.1 Å². The highest BCUT2D eigenvalue weighted by molar-refractivity contribution is 5.84. The number of nitrogens with one attached hydrogen (secondary N) is 1. The molecule has 2 unspecified atom stereocenters. The standard InChI is InChI=1S/C15H27NO2/c1-3-11-5-7-12(8-6-11)15(17)13-9-18-10-14(13)16-4-2/h11-14,16H,3-10H2,1-2H3. The van der Waals surface area contributed by atoms with Crippen molar-refractivity contribution in [1.29, 1.82) is 0 Å². The van der Waals surface area contributed by atoms with Crippen molar-refractivity contribution in [3.8, 4) is 0 Å². The molecule has 1 N–H and O–H groups in total. The van der Waals surface area contributed by atoms with Gasteiger partial charge in [-0.3, -0.25) is 4.79 Å². The Morgan fingerprint density at radius 1 is 1.17 bits per heavy atom. The molecule has 3 heteroatoms. The zero-order chi connectivity index (χ0) is 13.0. The number of carbonyl (C=O) groups excluding carboxylic acids is 1. The van der Waals surface area contributed by atoms with Gasteiger partial charge in [0.15, 0.2) is 0 Å². The van der Waals surface area contributed by atoms with E-state index in [0.717, 1.165) is 25.3 Å². The largest absolute Gasteiger partial charge is 0.379 e. The van der Waals surface area contributed by atoms with E-state index in [-0.39, 0.29) is 12.0 Å². The summed E-state index contributed by atoms with van der Waals surface area (Å²) in [6.07, 6.45) is 5.96. The molecule has 0 aromatic carbocycles. The zero-order valence-electron chi connectivity index (χ0n) is 11.8. The topological polar surface area (TPSA) is 38.3 Å². The van der Waals surface area contributed by atoms with E-state index in [1.165, 1.54) is 19.3 Å². The number of ether oxygens (including phenoxy) is 1. The summed E-state index contributed by atoms with van der Waals surface area (Å²) in [4.78, 5) is 12.6. The van der Waals surface area contributed by atoms with Crippen LogP contribution in [-0.2, 0) is 9.53 Å². The van der Waals surface area contributed by atoms with Crippen molar-refractivity contribution < 1.29 is 9.53 Å². The average molecular weight is 253 g/mol. The van der Waals surface area contributed by atoms with Crippen molar-refractivity contribution in [1.82, 2.24) is 5.32 Å². The maximum absolute atomic E-state index is 12.6. The summed E-state index contributed by atoms with van der Waals surface area (Å²) in [5, 5.41) is 3.39. The second kappa shape index (κ2) is 6.67. The van der Waals surface area contributed by atoms with E-state index in [1.54, 1.807) is 0 Å². The van der Waals surface area contributed by atoms with E-state index in [0.29, 0.717) is 24.9 Å². The lowest BCUT2D eigenvalue weighted by Crippen LogP contribution is -2.41. The van der Waals surface area contributed by atoms with Crippen molar-refractivity contribution in [2.75, 3.05) is 19.8 Å². The highest BCUT2D eigenvalue weighted by Gasteiger charge is 2.37. The number of hydrogen-bond donors (Lipinski definition) is 1. The average Bonchev–Trinajstić information content (AvgIpc) is 2.87. The van der Waals surface area contributed by atoms with E-state index in [4.69, 9.17) is 4.74 Å². The molecule has 2 atom stereocenters. The summed E-state index contributed by atoms with van der Waals surface area (Å²) in [5.74, 6) is 1.74. The Bertz CT molecular complexity index is 272. The van der Waals surface area contributed by atoms with Crippen LogP contribution in [0, 0.1) is 17.8 Å². The summed E-state index contributed by atoms with van der Waals surface area (Å²) < 4.78 is 5.49. The Kier molecular flexibility index (Phi) is 5.19. The number of likely N-dealkylation sites (N-methyl/N-ethyl adjacent to an activating group) is 1. The van der Waals surface area contributed by atoms with Gasteiger partial charge >= 0.3 is 0 Å². The van der Waals surface area contributed by atoms with Crippen molar-refractivity contribution in [2.24, 2.45) is 17.8 Å². The molecule has 1 aliphatic heterocycles. The summed E-state index contributed by atoms with van der Waals surface area (Å²) in [6, 6.07) is 0.256. The third kappa shape index (κ3) is 3.12. The van der Waals surface area contributed by atoms with Gasteiger partial charge in [-0.2, -0.15) is 0 Å². The predicted molar refractivity (Wildman–Crippen MR) is 72.5 cm³/mol. The molecule has 0 radical (unpaired) electrons. The Labute approximate surface area is 111 Å². The Hall–Kier alpha value is -0.410. The minimum Gasteiger partial charge on any atom is -0.379 e. The van der Waals surface area contributed by atoms with Gasteiger partial charge in [0.2, 0.25) is 0 Å². The summed E-state index contributed by atoms with van der Waals surface area (Å²) in [5.41, 5.74) is 0. The van der Waals surface area contributed by atoms with E-state index in [9.17, 15) is 4.79 Å². The molecule has 18 heavy (non-hydrogen) atoms. The zero-order valence-corrected chi connectivity index (χ0v) is 11.8. The molecular weight excluding hydrogens is 226 g/mol. The SMILES string of the molecule is CCNC1COCC1C(=O)C1CCC(CC)CC1. The molecular formula is C15H27NO2.